The van der Waals surface area contributed by atoms with Gasteiger partial charge in [0.2, 0.25) is 0 Å². The number of halogens is 5. The highest BCUT2D eigenvalue weighted by atomic mass is 35.5. The first-order valence-electron chi connectivity index (χ1n) is 12.4. The Morgan fingerprint density at radius 1 is 0.951 bits per heavy atom. The van der Waals surface area contributed by atoms with E-state index in [2.05, 4.69) is 0 Å². The van der Waals surface area contributed by atoms with Crippen molar-refractivity contribution in [3.8, 4) is 22.4 Å². The minimum absolute atomic E-state index is 0.0369. The Bertz CT molecular complexity index is 1590. The van der Waals surface area contributed by atoms with E-state index >= 15 is 0 Å². The monoisotopic (exact) mass is 601 g/mol. The van der Waals surface area contributed by atoms with Gasteiger partial charge in [0.25, 0.3) is 0 Å². The van der Waals surface area contributed by atoms with E-state index in [0.717, 1.165) is 12.1 Å². The van der Waals surface area contributed by atoms with E-state index in [9.17, 15) is 22.8 Å². The third kappa shape index (κ3) is 7.33. The molecule has 0 saturated carbocycles. The number of aromatic carboxylic acids is 1. The topological polar surface area (TPSA) is 76.5 Å². The molecule has 41 heavy (non-hydrogen) atoms. The van der Waals surface area contributed by atoms with Gasteiger partial charge >= 0.3 is 12.1 Å². The molecule has 0 amide bonds. The van der Waals surface area contributed by atoms with E-state index in [-0.39, 0.29) is 24.4 Å². The fraction of sp³-hybridized carbons (Fsp3) is 0.194. The zero-order chi connectivity index (χ0) is 29.9. The summed E-state index contributed by atoms with van der Waals surface area (Å²) in [4.78, 5) is 28.5. The Morgan fingerprint density at radius 3 is 2.20 bits per heavy atom. The number of carbonyl (C=O) groups excluding carboxylic acids is 1. The summed E-state index contributed by atoms with van der Waals surface area (Å²) in [7, 11) is 0. The van der Waals surface area contributed by atoms with Crippen LogP contribution in [0.2, 0.25) is 10.0 Å². The minimum atomic E-state index is -4.47. The number of rotatable bonds is 9. The van der Waals surface area contributed by atoms with E-state index in [1.165, 1.54) is 24.3 Å². The largest absolute Gasteiger partial charge is 0.478 e. The first-order valence-corrected chi connectivity index (χ1v) is 13.2. The second kappa shape index (κ2) is 12.4. The molecule has 0 radical (unpaired) electrons. The maximum absolute atomic E-state index is 13.1. The molecule has 4 aromatic rings. The molecule has 0 fully saturated rings. The molecule has 10 heteroatoms. The van der Waals surface area contributed by atoms with Gasteiger partial charge in [0.15, 0.2) is 5.78 Å². The van der Waals surface area contributed by atoms with Crippen molar-refractivity contribution in [2.45, 2.75) is 39.2 Å². The van der Waals surface area contributed by atoms with Crippen LogP contribution in [0.15, 0.2) is 72.8 Å². The van der Waals surface area contributed by atoms with Gasteiger partial charge in [-0.05, 0) is 67.4 Å². The van der Waals surface area contributed by atoms with E-state index in [1.54, 1.807) is 50.2 Å². The number of ether oxygens (including phenoxy) is 1. The molecule has 1 atom stereocenters. The number of ketones is 1. The van der Waals surface area contributed by atoms with Crippen molar-refractivity contribution in [2.24, 2.45) is 0 Å². The molecule has 212 valence electrons. The Kier molecular flexibility index (Phi) is 9.17. The summed E-state index contributed by atoms with van der Waals surface area (Å²) in [5.41, 5.74) is 3.28. The summed E-state index contributed by atoms with van der Waals surface area (Å²) in [6, 6.07) is 17.5. The van der Waals surface area contributed by atoms with Gasteiger partial charge in [-0.3, -0.25) is 9.78 Å². The van der Waals surface area contributed by atoms with Crippen molar-refractivity contribution >= 4 is 35.0 Å². The molecular formula is C31H24Cl2F3NO4. The molecule has 0 aliphatic carbocycles. The first-order chi connectivity index (χ1) is 19.3. The lowest BCUT2D eigenvalue weighted by molar-refractivity contribution is -0.137. The number of pyridine rings is 1. The van der Waals surface area contributed by atoms with E-state index in [4.69, 9.17) is 38.0 Å². The van der Waals surface area contributed by atoms with Gasteiger partial charge in [-0.15, -0.1) is 0 Å². The number of carboxylic acids is 1. The maximum atomic E-state index is 13.1. The number of aromatic nitrogens is 1. The molecule has 0 saturated heterocycles. The van der Waals surface area contributed by atoms with E-state index in [1.807, 2.05) is 0 Å². The predicted octanol–water partition coefficient (Wildman–Crippen LogP) is 8.46. The Hall–Kier alpha value is -3.72. The average molecular weight is 602 g/mol. The highest BCUT2D eigenvalue weighted by Crippen LogP contribution is 2.38. The van der Waals surface area contributed by atoms with Gasteiger partial charge in [-0.25, -0.2) is 4.79 Å². The van der Waals surface area contributed by atoms with Crippen LogP contribution in [-0.2, 0) is 28.7 Å². The zero-order valence-electron chi connectivity index (χ0n) is 21.9. The smallest absolute Gasteiger partial charge is 0.416 e. The Morgan fingerprint density at radius 2 is 1.61 bits per heavy atom. The van der Waals surface area contributed by atoms with Crippen molar-refractivity contribution in [2.75, 3.05) is 0 Å². The molecule has 1 N–H and O–H groups in total. The van der Waals surface area contributed by atoms with Gasteiger partial charge in [-0.2, -0.15) is 13.2 Å². The summed E-state index contributed by atoms with van der Waals surface area (Å²) < 4.78 is 45.3. The number of nitrogens with zero attached hydrogens (tertiary/aromatic N) is 1. The SMILES string of the molecule is Cc1nc(-c2ccc(C(F)(F)F)cc2)c(-c2ccc(Cl)cc2Cl)cc1COC(C)C(=O)Cc1ccc(C(=O)O)cc1. The second-order valence-electron chi connectivity index (χ2n) is 9.43. The number of benzene rings is 3. The van der Waals surface area contributed by atoms with Crippen molar-refractivity contribution in [3.63, 3.8) is 0 Å². The maximum Gasteiger partial charge on any atom is 0.416 e. The number of aryl methyl sites for hydroxylation is 1. The van der Waals surface area contributed by atoms with Gasteiger partial charge in [0.1, 0.15) is 6.10 Å². The number of hydrogen-bond donors (Lipinski definition) is 1. The number of carboxylic acid groups (broad SMARTS) is 1. The third-order valence-corrected chi connectivity index (χ3v) is 7.09. The minimum Gasteiger partial charge on any atom is -0.478 e. The Balaban J connectivity index is 1.61. The van der Waals surface area contributed by atoms with Gasteiger partial charge in [-0.1, -0.05) is 53.5 Å². The number of alkyl halides is 3. The van der Waals surface area contributed by atoms with Crippen LogP contribution in [0.1, 0.15) is 39.7 Å². The average Bonchev–Trinajstić information content (AvgIpc) is 2.92. The van der Waals surface area contributed by atoms with Crippen molar-refractivity contribution in [1.29, 1.82) is 0 Å². The van der Waals surface area contributed by atoms with Crippen molar-refractivity contribution in [3.05, 3.63) is 111 Å². The lowest BCUT2D eigenvalue weighted by Crippen LogP contribution is -2.22. The highest BCUT2D eigenvalue weighted by Gasteiger charge is 2.30. The number of Topliss-reactive ketones (excluding diaryl/α,β-unsaturated/α-hetero) is 1. The van der Waals surface area contributed by atoms with Crippen LogP contribution in [0.4, 0.5) is 13.2 Å². The molecule has 1 unspecified atom stereocenters. The lowest BCUT2D eigenvalue weighted by atomic mass is 9.96. The van der Waals surface area contributed by atoms with E-state index < -0.39 is 23.8 Å². The summed E-state index contributed by atoms with van der Waals surface area (Å²) in [5.74, 6) is -1.24. The van der Waals surface area contributed by atoms with Gasteiger partial charge in [0.05, 0.1) is 23.4 Å². The molecule has 4 rings (SSSR count). The third-order valence-electron chi connectivity index (χ3n) is 6.55. The summed E-state index contributed by atoms with van der Waals surface area (Å²) in [6.07, 6.45) is -5.18. The fourth-order valence-corrected chi connectivity index (χ4v) is 4.67. The van der Waals surface area contributed by atoms with Crippen molar-refractivity contribution < 1.29 is 32.6 Å². The molecule has 0 aliphatic heterocycles. The molecule has 1 aromatic heterocycles. The van der Waals surface area contributed by atoms with Crippen molar-refractivity contribution in [1.82, 2.24) is 4.98 Å². The fourth-order valence-electron chi connectivity index (χ4n) is 4.16. The zero-order valence-corrected chi connectivity index (χ0v) is 23.4. The van der Waals surface area contributed by atoms with Crippen LogP contribution in [0.25, 0.3) is 22.4 Å². The molecule has 5 nitrogen and oxygen atoms in total. The molecule has 1 heterocycles. The number of carbonyl (C=O) groups is 2. The summed E-state index contributed by atoms with van der Waals surface area (Å²) in [5, 5.41) is 9.80. The molecule has 3 aromatic carbocycles. The molecule has 0 spiro atoms. The van der Waals surface area contributed by atoms with Crippen LogP contribution >= 0.6 is 23.2 Å². The van der Waals surface area contributed by atoms with E-state index in [0.29, 0.717) is 49.3 Å². The van der Waals surface area contributed by atoms with Crippen LogP contribution in [0.5, 0.6) is 0 Å². The molecule has 0 aliphatic rings. The normalized spacial score (nSPS) is 12.3. The predicted molar refractivity (Wildman–Crippen MR) is 151 cm³/mol. The number of hydrogen-bond acceptors (Lipinski definition) is 4. The lowest BCUT2D eigenvalue weighted by Gasteiger charge is -2.18. The molecule has 0 bridgehead atoms. The first kappa shape index (κ1) is 30.2. The van der Waals surface area contributed by atoms with Crippen LogP contribution in [0, 0.1) is 6.92 Å². The second-order valence-corrected chi connectivity index (χ2v) is 10.3. The quantitative estimate of drug-likeness (QED) is 0.208. The Labute approximate surface area is 244 Å². The summed E-state index contributed by atoms with van der Waals surface area (Å²) >= 11 is 12.6. The van der Waals surface area contributed by atoms with Crippen LogP contribution in [-0.4, -0.2) is 27.9 Å². The van der Waals surface area contributed by atoms with Gasteiger partial charge < -0.3 is 9.84 Å². The highest BCUT2D eigenvalue weighted by molar-refractivity contribution is 6.36. The summed E-state index contributed by atoms with van der Waals surface area (Å²) in [6.45, 7) is 3.41. The van der Waals surface area contributed by atoms with Gasteiger partial charge in [0, 0.05) is 38.9 Å². The molecular weight excluding hydrogens is 578 g/mol. The van der Waals surface area contributed by atoms with Crippen LogP contribution < -0.4 is 0 Å². The van der Waals surface area contributed by atoms with Crippen LogP contribution in [0.3, 0.4) is 0 Å². The standard InChI is InChI=1S/C31H24Cl2F3NO4/c1-17-22(16-41-18(2)28(38)13-19-3-5-21(6-4-19)30(39)40)14-26(25-12-11-24(32)15-27(25)33)29(37-17)20-7-9-23(10-8-20)31(34,35)36/h3-12,14-15,18H,13,16H2,1-2H3,(H,39,40).